The highest BCUT2D eigenvalue weighted by Crippen LogP contribution is 2.26. The molecule has 0 spiro atoms. The maximum atomic E-state index is 11.2. The second-order valence-corrected chi connectivity index (χ2v) is 7.35. The largest absolute Gasteiger partial charge is 0.459 e. The Balaban J connectivity index is 2.05. The predicted molar refractivity (Wildman–Crippen MR) is 71.6 cm³/mol. The van der Waals surface area contributed by atoms with Gasteiger partial charge in [-0.25, -0.2) is 13.1 Å². The highest BCUT2D eigenvalue weighted by Gasteiger charge is 2.10. The molecule has 4 nitrogen and oxygen atoms in total. The van der Waals surface area contributed by atoms with Crippen molar-refractivity contribution in [3.8, 4) is 10.6 Å². The molecule has 2 aromatic heterocycles. The SMILES string of the molecule is O=S(=O)(CBr)NCc1ccc(-c2cccs2)o1. The third-order valence-electron chi connectivity index (χ3n) is 2.04. The van der Waals surface area contributed by atoms with Crippen LogP contribution in [-0.4, -0.2) is 13.1 Å². The van der Waals surface area contributed by atoms with Gasteiger partial charge in [-0.05, 0) is 23.6 Å². The van der Waals surface area contributed by atoms with E-state index in [9.17, 15) is 8.42 Å². The van der Waals surface area contributed by atoms with E-state index in [1.807, 2.05) is 23.6 Å². The fourth-order valence-corrected chi connectivity index (χ4v) is 2.86. The lowest BCUT2D eigenvalue weighted by molar-refractivity contribution is 0.511. The molecule has 2 aromatic rings. The first-order valence-electron chi connectivity index (χ1n) is 4.76. The zero-order valence-electron chi connectivity index (χ0n) is 8.72. The molecule has 2 rings (SSSR count). The van der Waals surface area contributed by atoms with Gasteiger partial charge in [0.2, 0.25) is 10.0 Å². The number of halogens is 1. The molecule has 7 heteroatoms. The summed E-state index contributed by atoms with van der Waals surface area (Å²) in [7, 11) is -3.25. The van der Waals surface area contributed by atoms with Crippen LogP contribution in [0.1, 0.15) is 5.76 Å². The minimum absolute atomic E-state index is 0.113. The summed E-state index contributed by atoms with van der Waals surface area (Å²) in [6, 6.07) is 7.50. The number of furan rings is 1. The van der Waals surface area contributed by atoms with Crippen molar-refractivity contribution in [2.75, 3.05) is 4.66 Å². The minimum Gasteiger partial charge on any atom is -0.459 e. The zero-order chi connectivity index (χ0) is 12.3. The molecule has 1 N–H and O–H groups in total. The Morgan fingerprint density at radius 2 is 2.18 bits per heavy atom. The lowest BCUT2D eigenvalue weighted by atomic mass is 10.3. The molecule has 0 aromatic carbocycles. The van der Waals surface area contributed by atoms with Gasteiger partial charge in [-0.1, -0.05) is 22.0 Å². The smallest absolute Gasteiger partial charge is 0.222 e. The summed E-state index contributed by atoms with van der Waals surface area (Å²) in [6.45, 7) is 0.166. The second-order valence-electron chi connectivity index (χ2n) is 3.29. The van der Waals surface area contributed by atoms with Crippen LogP contribution in [0, 0.1) is 0 Å². The second kappa shape index (κ2) is 5.34. The number of hydrogen-bond donors (Lipinski definition) is 1. The first-order chi connectivity index (χ1) is 8.11. The van der Waals surface area contributed by atoms with Crippen molar-refractivity contribution in [3.05, 3.63) is 35.4 Å². The highest BCUT2D eigenvalue weighted by atomic mass is 79.9. The summed E-state index contributed by atoms with van der Waals surface area (Å²) >= 11 is 4.48. The molecular weight excluding hydrogens is 326 g/mol. The average molecular weight is 336 g/mol. The van der Waals surface area contributed by atoms with Crippen LogP contribution in [0.25, 0.3) is 10.6 Å². The molecule has 0 saturated carbocycles. The predicted octanol–water partition coefficient (Wildman–Crippen LogP) is 2.78. The topological polar surface area (TPSA) is 59.3 Å². The zero-order valence-corrected chi connectivity index (χ0v) is 11.9. The standard InChI is InChI=1S/C10H10BrNO3S2/c11-7-17(13,14)12-6-8-3-4-9(15-8)10-2-1-5-16-10/h1-5,12H,6-7H2. The molecule has 0 unspecified atom stereocenters. The van der Waals surface area contributed by atoms with Crippen molar-refractivity contribution >= 4 is 37.3 Å². The van der Waals surface area contributed by atoms with Crippen molar-refractivity contribution in [1.29, 1.82) is 0 Å². The van der Waals surface area contributed by atoms with Crippen molar-refractivity contribution in [2.45, 2.75) is 6.54 Å². The molecular formula is C10H10BrNO3S2. The number of thiophene rings is 1. The van der Waals surface area contributed by atoms with E-state index < -0.39 is 10.0 Å². The fourth-order valence-electron chi connectivity index (χ4n) is 1.24. The van der Waals surface area contributed by atoms with E-state index in [1.54, 1.807) is 17.4 Å². The molecule has 0 bridgehead atoms. The Hall–Kier alpha value is -0.630. The van der Waals surface area contributed by atoms with Crippen molar-refractivity contribution in [3.63, 3.8) is 0 Å². The van der Waals surface area contributed by atoms with Gasteiger partial charge in [0, 0.05) is 0 Å². The molecule has 2 heterocycles. The van der Waals surface area contributed by atoms with E-state index in [0.29, 0.717) is 5.76 Å². The number of alkyl halides is 1. The average Bonchev–Trinajstić information content (AvgIpc) is 2.97. The van der Waals surface area contributed by atoms with E-state index in [1.165, 1.54) is 0 Å². The third-order valence-corrected chi connectivity index (χ3v) is 5.60. The molecule has 0 aliphatic heterocycles. The van der Waals surface area contributed by atoms with Gasteiger partial charge in [0.05, 0.1) is 11.4 Å². The summed E-state index contributed by atoms with van der Waals surface area (Å²) < 4.78 is 30.3. The van der Waals surface area contributed by atoms with Crippen LogP contribution in [0.3, 0.4) is 0 Å². The first kappa shape index (κ1) is 12.8. The molecule has 92 valence electrons. The van der Waals surface area contributed by atoms with Gasteiger partial charge < -0.3 is 4.42 Å². The van der Waals surface area contributed by atoms with Crippen LogP contribution in [0.2, 0.25) is 0 Å². The summed E-state index contributed by atoms with van der Waals surface area (Å²) in [5.41, 5.74) is 0. The molecule has 0 saturated heterocycles. The fraction of sp³-hybridized carbons (Fsp3) is 0.200. The maximum Gasteiger partial charge on any atom is 0.222 e. The van der Waals surface area contributed by atoms with Crippen molar-refractivity contribution in [1.82, 2.24) is 4.72 Å². The summed E-state index contributed by atoms with van der Waals surface area (Å²) in [5, 5.41) is 1.96. The van der Waals surface area contributed by atoms with Gasteiger partial charge in [0.1, 0.15) is 16.2 Å². The Kier molecular flexibility index (Phi) is 4.03. The molecule has 0 atom stereocenters. The number of hydrogen-bond acceptors (Lipinski definition) is 4. The lowest BCUT2D eigenvalue weighted by Gasteiger charge is -2.00. The van der Waals surface area contributed by atoms with Crippen LogP contribution < -0.4 is 4.72 Å². The number of rotatable bonds is 5. The summed E-state index contributed by atoms with van der Waals surface area (Å²) in [4.78, 5) is 1.03. The monoisotopic (exact) mass is 335 g/mol. The first-order valence-corrected chi connectivity index (χ1v) is 8.42. The van der Waals surface area contributed by atoms with Gasteiger partial charge in [-0.2, -0.15) is 0 Å². The van der Waals surface area contributed by atoms with E-state index in [0.717, 1.165) is 10.6 Å². The lowest BCUT2D eigenvalue weighted by Crippen LogP contribution is -2.23. The van der Waals surface area contributed by atoms with E-state index in [-0.39, 0.29) is 11.2 Å². The van der Waals surface area contributed by atoms with E-state index in [4.69, 9.17) is 4.42 Å². The maximum absolute atomic E-state index is 11.2. The summed E-state index contributed by atoms with van der Waals surface area (Å²) in [6.07, 6.45) is 0. The Labute approximate surface area is 112 Å². The molecule has 0 fully saturated rings. The molecule has 0 radical (unpaired) electrons. The molecule has 0 aliphatic rings. The van der Waals surface area contributed by atoms with Crippen LogP contribution in [-0.2, 0) is 16.6 Å². The normalized spacial score (nSPS) is 11.8. The van der Waals surface area contributed by atoms with E-state index in [2.05, 4.69) is 20.7 Å². The van der Waals surface area contributed by atoms with Crippen molar-refractivity contribution < 1.29 is 12.8 Å². The molecule has 0 aliphatic carbocycles. The van der Waals surface area contributed by atoms with Crippen LogP contribution in [0.5, 0.6) is 0 Å². The van der Waals surface area contributed by atoms with Crippen LogP contribution in [0.15, 0.2) is 34.1 Å². The quantitative estimate of drug-likeness (QED) is 0.854. The van der Waals surface area contributed by atoms with Gasteiger partial charge in [0.15, 0.2) is 0 Å². The van der Waals surface area contributed by atoms with Gasteiger partial charge in [0.25, 0.3) is 0 Å². The number of nitrogens with one attached hydrogen (secondary N) is 1. The third kappa shape index (κ3) is 3.41. The van der Waals surface area contributed by atoms with Crippen LogP contribution >= 0.6 is 27.3 Å². The molecule has 0 amide bonds. The van der Waals surface area contributed by atoms with Gasteiger partial charge in [-0.15, -0.1) is 11.3 Å². The van der Waals surface area contributed by atoms with E-state index >= 15 is 0 Å². The Bertz CT molecular complexity index is 574. The highest BCUT2D eigenvalue weighted by molar-refractivity contribution is 9.10. The Morgan fingerprint density at radius 1 is 1.35 bits per heavy atom. The Morgan fingerprint density at radius 3 is 2.82 bits per heavy atom. The minimum atomic E-state index is -3.25. The summed E-state index contributed by atoms with van der Waals surface area (Å²) in [5.74, 6) is 1.35. The van der Waals surface area contributed by atoms with Gasteiger partial charge >= 0.3 is 0 Å². The van der Waals surface area contributed by atoms with Crippen molar-refractivity contribution in [2.24, 2.45) is 0 Å². The number of sulfonamides is 1. The van der Waals surface area contributed by atoms with Gasteiger partial charge in [-0.3, -0.25) is 0 Å². The molecule has 17 heavy (non-hydrogen) atoms. The van der Waals surface area contributed by atoms with Crippen LogP contribution in [0.4, 0.5) is 0 Å².